The van der Waals surface area contributed by atoms with E-state index in [4.69, 9.17) is 9.47 Å². The molecule has 9 heteroatoms. The van der Waals surface area contributed by atoms with E-state index < -0.39 is 17.8 Å². The van der Waals surface area contributed by atoms with E-state index in [0.29, 0.717) is 42.5 Å². The molecule has 2 heterocycles. The number of alkyl halides is 3. The van der Waals surface area contributed by atoms with Crippen molar-refractivity contribution in [3.63, 3.8) is 0 Å². The van der Waals surface area contributed by atoms with Crippen molar-refractivity contribution in [2.45, 2.75) is 31.2 Å². The summed E-state index contributed by atoms with van der Waals surface area (Å²) in [4.78, 5) is 2.28. The molecule has 0 saturated carbocycles. The molecular weight excluding hydrogens is 423 g/mol. The minimum absolute atomic E-state index is 0.210. The van der Waals surface area contributed by atoms with Gasteiger partial charge in [-0.1, -0.05) is 12.1 Å². The molecule has 0 aliphatic carbocycles. The largest absolute Gasteiger partial charge is 0.486 e. The van der Waals surface area contributed by atoms with Crippen LogP contribution in [-0.4, -0.2) is 55.6 Å². The lowest BCUT2D eigenvalue weighted by Gasteiger charge is -2.30. The van der Waals surface area contributed by atoms with Gasteiger partial charge in [0.05, 0.1) is 24.4 Å². The van der Waals surface area contributed by atoms with Gasteiger partial charge in [-0.2, -0.15) is 13.2 Å². The number of rotatable bonds is 8. The summed E-state index contributed by atoms with van der Waals surface area (Å²) in [5.74, 6) is 1.26. The van der Waals surface area contributed by atoms with E-state index >= 15 is 0 Å². The molecule has 2 aliphatic rings. The Morgan fingerprint density at radius 3 is 2.50 bits per heavy atom. The predicted octanol–water partition coefficient (Wildman–Crippen LogP) is 3.63. The van der Waals surface area contributed by atoms with Gasteiger partial charge >= 0.3 is 6.18 Å². The first kappa shape index (κ1) is 22.7. The molecule has 2 aromatic rings. The summed E-state index contributed by atoms with van der Waals surface area (Å²) in [5.41, 5.74) is 0.360. The van der Waals surface area contributed by atoms with E-state index in [0.717, 1.165) is 38.1 Å². The molecule has 0 unspecified atom stereocenters. The second-order valence-electron chi connectivity index (χ2n) is 8.10. The first-order chi connectivity index (χ1) is 15.4. The fourth-order valence-corrected chi connectivity index (χ4v) is 4.09. The van der Waals surface area contributed by atoms with Crippen molar-refractivity contribution in [3.8, 4) is 11.5 Å². The number of benzene rings is 2. The second-order valence-corrected chi connectivity index (χ2v) is 8.10. The lowest BCUT2D eigenvalue weighted by Crippen LogP contribution is -2.45. The van der Waals surface area contributed by atoms with Gasteiger partial charge in [0, 0.05) is 12.2 Å². The van der Waals surface area contributed by atoms with Crippen molar-refractivity contribution in [3.05, 3.63) is 53.6 Å². The highest BCUT2D eigenvalue weighted by atomic mass is 19.4. The van der Waals surface area contributed by atoms with Gasteiger partial charge in [0.25, 0.3) is 0 Å². The maximum Gasteiger partial charge on any atom is 0.416 e. The van der Waals surface area contributed by atoms with E-state index in [1.807, 2.05) is 6.07 Å². The topological polar surface area (TPSA) is 66.0 Å². The zero-order chi connectivity index (χ0) is 22.6. The average Bonchev–Trinajstić information content (AvgIpc) is 3.30. The second kappa shape index (κ2) is 9.97. The quantitative estimate of drug-likeness (QED) is 0.533. The zero-order valence-corrected chi connectivity index (χ0v) is 17.7. The number of likely N-dealkylation sites (tertiary alicyclic amines) is 1. The number of hydrogen-bond donors (Lipinski definition) is 3. The summed E-state index contributed by atoms with van der Waals surface area (Å²) in [6.45, 7) is 3.72. The Morgan fingerprint density at radius 2 is 1.75 bits per heavy atom. The fraction of sp³-hybridized carbons (Fsp3) is 0.478. The van der Waals surface area contributed by atoms with Crippen LogP contribution < -0.4 is 20.1 Å². The summed E-state index contributed by atoms with van der Waals surface area (Å²) >= 11 is 0. The third-order valence-corrected chi connectivity index (χ3v) is 5.79. The first-order valence-electron chi connectivity index (χ1n) is 10.8. The van der Waals surface area contributed by atoms with E-state index in [1.165, 1.54) is 6.07 Å². The number of ether oxygens (including phenoxy) is 2. The molecule has 0 bridgehead atoms. The maximum absolute atomic E-state index is 13.0. The number of hydrogen-bond acceptors (Lipinski definition) is 6. The summed E-state index contributed by atoms with van der Waals surface area (Å²) in [6, 6.07) is 10.2. The van der Waals surface area contributed by atoms with Gasteiger partial charge in [-0.15, -0.1) is 0 Å². The monoisotopic (exact) mass is 451 g/mol. The normalized spacial score (nSPS) is 18.4. The Hall–Kier alpha value is -2.49. The van der Waals surface area contributed by atoms with Crippen LogP contribution in [0.25, 0.3) is 0 Å². The molecule has 32 heavy (non-hydrogen) atoms. The summed E-state index contributed by atoms with van der Waals surface area (Å²) in [5, 5.41) is 17.4. The molecule has 6 nitrogen and oxygen atoms in total. The molecule has 0 amide bonds. The standard InChI is InChI=1S/C23H28F3N3O3/c24-23(25,26)17-4-3-5-18(13-17)27-15-28-19(14-29-8-1-2-9-29)22(30)16-6-7-20-21(12-16)32-11-10-31-20/h3-7,12-13,19,22,27-28,30H,1-2,8-11,14-15H2/t19-,22-/m1/s1. The highest BCUT2D eigenvalue weighted by Gasteiger charge is 2.30. The van der Waals surface area contributed by atoms with Crippen molar-refractivity contribution in [1.29, 1.82) is 0 Å². The van der Waals surface area contributed by atoms with Crippen LogP contribution in [0.1, 0.15) is 30.1 Å². The Bertz CT molecular complexity index is 904. The Morgan fingerprint density at radius 1 is 1.00 bits per heavy atom. The van der Waals surface area contributed by atoms with Crippen molar-refractivity contribution in [2.75, 3.05) is 44.8 Å². The Labute approximate surface area is 185 Å². The lowest BCUT2D eigenvalue weighted by molar-refractivity contribution is -0.137. The number of fused-ring (bicyclic) bond motifs is 1. The smallest absolute Gasteiger partial charge is 0.416 e. The lowest BCUT2D eigenvalue weighted by atomic mass is 10.0. The van der Waals surface area contributed by atoms with Crippen LogP contribution >= 0.6 is 0 Å². The molecule has 1 saturated heterocycles. The molecule has 2 aromatic carbocycles. The average molecular weight is 451 g/mol. The third-order valence-electron chi connectivity index (χ3n) is 5.79. The first-order valence-corrected chi connectivity index (χ1v) is 10.8. The molecule has 4 rings (SSSR count). The molecule has 0 aromatic heterocycles. The van der Waals surface area contributed by atoms with Crippen LogP contribution in [0.3, 0.4) is 0 Å². The van der Waals surface area contributed by atoms with Crippen LogP contribution in [0.4, 0.5) is 18.9 Å². The summed E-state index contributed by atoms with van der Waals surface area (Å²) in [7, 11) is 0. The summed E-state index contributed by atoms with van der Waals surface area (Å²) < 4.78 is 50.1. The molecule has 0 spiro atoms. The highest BCUT2D eigenvalue weighted by molar-refractivity contribution is 5.46. The predicted molar refractivity (Wildman–Crippen MR) is 115 cm³/mol. The van der Waals surface area contributed by atoms with Crippen molar-refractivity contribution in [1.82, 2.24) is 10.2 Å². The van der Waals surface area contributed by atoms with Crippen LogP contribution in [0.5, 0.6) is 11.5 Å². The van der Waals surface area contributed by atoms with Gasteiger partial charge in [-0.25, -0.2) is 0 Å². The van der Waals surface area contributed by atoms with Gasteiger partial charge in [0.2, 0.25) is 0 Å². The number of nitrogens with zero attached hydrogens (tertiary/aromatic N) is 1. The van der Waals surface area contributed by atoms with Crippen LogP contribution in [0, 0.1) is 0 Å². The molecule has 1 fully saturated rings. The minimum Gasteiger partial charge on any atom is -0.486 e. The SMILES string of the molecule is O[C@H](c1ccc2c(c1)OCCO2)[C@@H](CN1CCCC1)NCNc1cccc(C(F)(F)F)c1. The van der Waals surface area contributed by atoms with Gasteiger partial charge in [0.15, 0.2) is 11.5 Å². The van der Waals surface area contributed by atoms with Crippen LogP contribution in [0.15, 0.2) is 42.5 Å². The molecule has 0 radical (unpaired) electrons. The van der Waals surface area contributed by atoms with Crippen LogP contribution in [0.2, 0.25) is 0 Å². The zero-order valence-electron chi connectivity index (χ0n) is 17.7. The van der Waals surface area contributed by atoms with Gasteiger partial charge in [0.1, 0.15) is 13.2 Å². The number of aliphatic hydroxyl groups is 1. The molecular formula is C23H28F3N3O3. The van der Waals surface area contributed by atoms with E-state index in [2.05, 4.69) is 15.5 Å². The van der Waals surface area contributed by atoms with Crippen molar-refractivity contribution >= 4 is 5.69 Å². The molecule has 2 atom stereocenters. The van der Waals surface area contributed by atoms with E-state index in [1.54, 1.807) is 18.2 Å². The van der Waals surface area contributed by atoms with E-state index in [9.17, 15) is 18.3 Å². The number of anilines is 1. The fourth-order valence-electron chi connectivity index (χ4n) is 4.09. The van der Waals surface area contributed by atoms with E-state index in [-0.39, 0.29) is 12.7 Å². The molecule has 174 valence electrons. The minimum atomic E-state index is -4.39. The van der Waals surface area contributed by atoms with Crippen molar-refractivity contribution < 1.29 is 27.8 Å². The van der Waals surface area contributed by atoms with Gasteiger partial charge < -0.3 is 24.8 Å². The maximum atomic E-state index is 13.0. The van der Waals surface area contributed by atoms with Crippen LogP contribution in [-0.2, 0) is 6.18 Å². The van der Waals surface area contributed by atoms with Crippen molar-refractivity contribution in [2.24, 2.45) is 0 Å². The number of halogens is 3. The van der Waals surface area contributed by atoms with Gasteiger partial charge in [-0.3, -0.25) is 5.32 Å². The number of nitrogens with one attached hydrogen (secondary N) is 2. The molecule has 2 aliphatic heterocycles. The molecule has 3 N–H and O–H groups in total. The van der Waals surface area contributed by atoms with Gasteiger partial charge in [-0.05, 0) is 61.8 Å². The highest BCUT2D eigenvalue weighted by Crippen LogP contribution is 2.34. The number of aliphatic hydroxyl groups excluding tert-OH is 1. The Balaban J connectivity index is 1.43. The summed E-state index contributed by atoms with van der Waals surface area (Å²) in [6.07, 6.45) is -2.97. The third kappa shape index (κ3) is 5.65. The Kier molecular flexibility index (Phi) is 7.07.